The molecule has 6 rings (SSSR count). The van der Waals surface area contributed by atoms with Gasteiger partial charge in [0.05, 0.1) is 6.61 Å². The molecule has 1 aromatic heterocycles. The van der Waals surface area contributed by atoms with E-state index in [1.165, 1.54) is 22.8 Å². The molecule has 2 atom stereocenters. The lowest BCUT2D eigenvalue weighted by atomic mass is 9.77. The fourth-order valence-electron chi connectivity index (χ4n) is 6.98. The first-order valence-corrected chi connectivity index (χ1v) is 18.6. The monoisotopic (exact) mass is 752 g/mol. The summed E-state index contributed by atoms with van der Waals surface area (Å²) in [4.78, 5) is 66.6. The van der Waals surface area contributed by atoms with Gasteiger partial charge in [-0.15, -0.1) is 0 Å². The van der Waals surface area contributed by atoms with E-state index in [-0.39, 0.29) is 37.6 Å². The lowest BCUT2D eigenvalue weighted by Gasteiger charge is -2.37. The normalized spacial score (nSPS) is 14.0. The maximum atomic E-state index is 14.1. The van der Waals surface area contributed by atoms with Crippen LogP contribution in [0.5, 0.6) is 0 Å². The molecule has 3 N–H and O–H groups in total. The molecular formula is C45H44N4O7. The highest BCUT2D eigenvalue weighted by Crippen LogP contribution is 2.37. The first-order valence-electron chi connectivity index (χ1n) is 18.6. The Hall–Kier alpha value is -6.75. The number of carbonyl (C=O) groups excluding carboxylic acids is 4. The molecule has 0 saturated heterocycles. The first kappa shape index (κ1) is 39.0. The SMILES string of the molecule is CCOC(=O)/C=C/[C@H](CCC(=O)NC(c1ccccc1)(c1ccccc1)c1ccccc1)NC(=O)[C@@H]1CCc2ccc(NC(=O)OCc3ccccc3)c(=O)n21. The number of aromatic nitrogens is 1. The van der Waals surface area contributed by atoms with Crippen LogP contribution in [0.1, 0.15) is 60.2 Å². The second-order valence-electron chi connectivity index (χ2n) is 13.3. The van der Waals surface area contributed by atoms with Crippen molar-refractivity contribution in [2.45, 2.75) is 56.8 Å². The third-order valence-corrected chi connectivity index (χ3v) is 9.65. The average Bonchev–Trinajstić information content (AvgIpc) is 3.68. The number of ether oxygens (including phenoxy) is 2. The van der Waals surface area contributed by atoms with E-state index in [4.69, 9.17) is 9.47 Å². The van der Waals surface area contributed by atoms with Crippen molar-refractivity contribution in [1.29, 1.82) is 0 Å². The summed E-state index contributed by atoms with van der Waals surface area (Å²) in [6.45, 7) is 1.88. The number of nitrogens with one attached hydrogen (secondary N) is 3. The summed E-state index contributed by atoms with van der Waals surface area (Å²) in [6.07, 6.45) is 2.83. The maximum Gasteiger partial charge on any atom is 0.412 e. The summed E-state index contributed by atoms with van der Waals surface area (Å²) in [5.41, 5.74) is 2.40. The maximum absolute atomic E-state index is 14.1. The summed E-state index contributed by atoms with van der Waals surface area (Å²) < 4.78 is 11.7. The zero-order valence-corrected chi connectivity index (χ0v) is 31.1. The van der Waals surface area contributed by atoms with Gasteiger partial charge in [0.2, 0.25) is 11.8 Å². The number of carbonyl (C=O) groups is 4. The molecule has 4 aromatic carbocycles. The molecule has 0 spiro atoms. The number of hydrogen-bond acceptors (Lipinski definition) is 7. The molecule has 11 heteroatoms. The number of esters is 1. The van der Waals surface area contributed by atoms with E-state index < -0.39 is 41.2 Å². The molecular weight excluding hydrogens is 709 g/mol. The van der Waals surface area contributed by atoms with Crippen molar-refractivity contribution in [3.8, 4) is 0 Å². The van der Waals surface area contributed by atoms with Gasteiger partial charge >= 0.3 is 12.1 Å². The largest absolute Gasteiger partial charge is 0.463 e. The second-order valence-corrected chi connectivity index (χ2v) is 13.3. The van der Waals surface area contributed by atoms with Crippen molar-refractivity contribution in [3.63, 3.8) is 0 Å². The fraction of sp³-hybridized carbons (Fsp3) is 0.222. The fourth-order valence-corrected chi connectivity index (χ4v) is 6.98. The van der Waals surface area contributed by atoms with Gasteiger partial charge in [0.1, 0.15) is 23.9 Å². The third-order valence-electron chi connectivity index (χ3n) is 9.65. The van der Waals surface area contributed by atoms with Crippen LogP contribution in [0.15, 0.2) is 150 Å². The molecule has 1 aliphatic heterocycles. The molecule has 0 aliphatic carbocycles. The highest BCUT2D eigenvalue weighted by molar-refractivity contribution is 5.86. The number of nitrogens with zero attached hydrogens (tertiary/aromatic N) is 1. The number of anilines is 1. The van der Waals surface area contributed by atoms with Crippen LogP contribution < -0.4 is 21.5 Å². The Labute approximate surface area is 325 Å². The zero-order valence-electron chi connectivity index (χ0n) is 31.1. The molecule has 3 amide bonds. The van der Waals surface area contributed by atoms with E-state index in [1.54, 1.807) is 13.0 Å². The van der Waals surface area contributed by atoms with Crippen LogP contribution in [-0.4, -0.2) is 41.1 Å². The van der Waals surface area contributed by atoms with E-state index >= 15 is 0 Å². The Morgan fingerprint density at radius 2 is 1.36 bits per heavy atom. The summed E-state index contributed by atoms with van der Waals surface area (Å²) >= 11 is 0. The van der Waals surface area contributed by atoms with Gasteiger partial charge in [-0.3, -0.25) is 24.3 Å². The van der Waals surface area contributed by atoms with Crippen LogP contribution in [0.25, 0.3) is 0 Å². The Morgan fingerprint density at radius 1 is 0.786 bits per heavy atom. The van der Waals surface area contributed by atoms with Gasteiger partial charge in [0.25, 0.3) is 5.56 Å². The van der Waals surface area contributed by atoms with Crippen molar-refractivity contribution in [2.75, 3.05) is 11.9 Å². The number of fused-ring (bicyclic) bond motifs is 1. The molecule has 0 fully saturated rings. The minimum Gasteiger partial charge on any atom is -0.463 e. The highest BCUT2D eigenvalue weighted by Gasteiger charge is 2.38. The molecule has 56 heavy (non-hydrogen) atoms. The van der Waals surface area contributed by atoms with Gasteiger partial charge in [-0.1, -0.05) is 127 Å². The van der Waals surface area contributed by atoms with Gasteiger partial charge in [-0.25, -0.2) is 9.59 Å². The van der Waals surface area contributed by atoms with E-state index in [1.807, 2.05) is 121 Å². The molecule has 5 aromatic rings. The van der Waals surface area contributed by atoms with Crippen molar-refractivity contribution in [1.82, 2.24) is 15.2 Å². The van der Waals surface area contributed by atoms with Gasteiger partial charge in [0, 0.05) is 24.2 Å². The van der Waals surface area contributed by atoms with E-state index in [0.717, 1.165) is 22.3 Å². The standard InChI is InChI=1S/C45H44N4O7/c1-2-55-41(51)30-24-36(23-29-40(50)48-45(33-17-9-4-10-18-33,34-19-11-5-12-20-34)35-21-13-6-14-22-35)46-42(52)39-28-26-37-25-27-38(43(53)49(37)39)47-44(54)56-31-32-15-7-3-8-16-32/h3-22,24-25,27,30,36,39H,2,23,26,28-29,31H2,1H3,(H,46,52)(H,47,54)(H,48,50)/b30-24+/t36-,39-/m0/s1. The predicted molar refractivity (Wildman–Crippen MR) is 213 cm³/mol. The van der Waals surface area contributed by atoms with E-state index in [9.17, 15) is 24.0 Å². The average molecular weight is 753 g/mol. The lowest BCUT2D eigenvalue weighted by molar-refractivity contribution is -0.137. The topological polar surface area (TPSA) is 145 Å². The van der Waals surface area contributed by atoms with Crippen LogP contribution in [0.4, 0.5) is 10.5 Å². The van der Waals surface area contributed by atoms with Crippen LogP contribution in [0.2, 0.25) is 0 Å². The Bertz CT molecular complexity index is 2110. The Balaban J connectivity index is 1.20. The van der Waals surface area contributed by atoms with Gasteiger partial charge < -0.3 is 20.1 Å². The van der Waals surface area contributed by atoms with Gasteiger partial charge in [-0.2, -0.15) is 0 Å². The molecule has 0 unspecified atom stereocenters. The number of aryl methyl sites for hydroxylation is 1. The molecule has 0 radical (unpaired) electrons. The highest BCUT2D eigenvalue weighted by atomic mass is 16.5. The number of amides is 3. The second kappa shape index (κ2) is 18.5. The quantitative estimate of drug-likeness (QED) is 0.0623. The van der Waals surface area contributed by atoms with Gasteiger partial charge in [-0.05, 0) is 60.6 Å². The molecule has 286 valence electrons. The van der Waals surface area contributed by atoms with Gasteiger partial charge in [0.15, 0.2) is 0 Å². The number of rotatable bonds is 15. The number of pyridine rings is 1. The minimum absolute atomic E-state index is 0.0211. The smallest absolute Gasteiger partial charge is 0.412 e. The summed E-state index contributed by atoms with van der Waals surface area (Å²) in [5, 5.41) is 8.79. The minimum atomic E-state index is -1.03. The molecule has 0 bridgehead atoms. The van der Waals surface area contributed by atoms with Crippen molar-refractivity contribution >= 4 is 29.6 Å². The lowest BCUT2D eigenvalue weighted by Crippen LogP contribution is -2.48. The summed E-state index contributed by atoms with van der Waals surface area (Å²) in [5.74, 6) is -1.35. The molecule has 11 nitrogen and oxygen atoms in total. The summed E-state index contributed by atoms with van der Waals surface area (Å²) in [6, 6.07) is 39.8. The molecule has 1 aliphatic rings. The molecule has 0 saturated carbocycles. The van der Waals surface area contributed by atoms with Crippen LogP contribution >= 0.6 is 0 Å². The van der Waals surface area contributed by atoms with E-state index in [0.29, 0.717) is 18.5 Å². The van der Waals surface area contributed by atoms with Crippen molar-refractivity contribution in [2.24, 2.45) is 0 Å². The Morgan fingerprint density at radius 3 is 1.93 bits per heavy atom. The summed E-state index contributed by atoms with van der Waals surface area (Å²) in [7, 11) is 0. The molecule has 2 heterocycles. The number of hydrogen-bond donors (Lipinski definition) is 3. The van der Waals surface area contributed by atoms with Crippen molar-refractivity contribution < 1.29 is 28.7 Å². The third kappa shape index (κ3) is 9.30. The van der Waals surface area contributed by atoms with Crippen LogP contribution in [0, 0.1) is 0 Å². The number of benzene rings is 4. The zero-order chi connectivity index (χ0) is 39.3. The predicted octanol–water partition coefficient (Wildman–Crippen LogP) is 6.58. The van der Waals surface area contributed by atoms with Crippen LogP contribution in [-0.2, 0) is 42.4 Å². The first-order chi connectivity index (χ1) is 27.3. The Kier molecular flexibility index (Phi) is 12.9. The van der Waals surface area contributed by atoms with E-state index in [2.05, 4.69) is 16.0 Å². The van der Waals surface area contributed by atoms with Crippen LogP contribution in [0.3, 0.4) is 0 Å². The van der Waals surface area contributed by atoms with Crippen molar-refractivity contribution in [3.05, 3.63) is 184 Å².